The summed E-state index contributed by atoms with van der Waals surface area (Å²) >= 11 is 0. The van der Waals surface area contributed by atoms with Gasteiger partial charge in [-0.2, -0.15) is 0 Å². The molecule has 1 aromatic carbocycles. The molecule has 0 bridgehead atoms. The van der Waals surface area contributed by atoms with E-state index in [1.54, 1.807) is 45.0 Å². The minimum absolute atomic E-state index is 0.123. The number of Topliss-reactive ketones (excluding diaryl/α,β-unsaturated/α-hetero) is 1. The molecule has 1 rings (SSSR count). The van der Waals surface area contributed by atoms with E-state index >= 15 is 0 Å². The molecule has 0 aliphatic heterocycles. The lowest BCUT2D eigenvalue weighted by Crippen LogP contribution is -2.30. The molecule has 164 valence electrons. The van der Waals surface area contributed by atoms with Crippen molar-refractivity contribution in [2.75, 3.05) is 25.5 Å². The number of anilines is 1. The first-order valence-electron chi connectivity index (χ1n) is 10.0. The van der Waals surface area contributed by atoms with Gasteiger partial charge in [-0.05, 0) is 43.9 Å². The molecular weight excluding hydrogens is 384 g/mol. The predicted molar refractivity (Wildman–Crippen MR) is 118 cm³/mol. The molecule has 0 fully saturated rings. The van der Waals surface area contributed by atoms with Crippen LogP contribution >= 0.6 is 0 Å². The van der Waals surface area contributed by atoms with Gasteiger partial charge in [0.05, 0.1) is 11.3 Å². The molecule has 1 N–H and O–H groups in total. The van der Waals surface area contributed by atoms with Crippen LogP contribution in [-0.2, 0) is 14.4 Å². The van der Waals surface area contributed by atoms with Crippen molar-refractivity contribution in [3.63, 3.8) is 0 Å². The van der Waals surface area contributed by atoms with Crippen LogP contribution in [0.4, 0.5) is 5.69 Å². The van der Waals surface area contributed by atoms with Gasteiger partial charge in [-0.25, -0.2) is 0 Å². The monoisotopic (exact) mass is 416 g/mol. The molecule has 2 amide bonds. The highest BCUT2D eigenvalue weighted by molar-refractivity contribution is 6.05. The fraction of sp³-hybridized carbons (Fsp3) is 0.478. The van der Waals surface area contributed by atoms with Gasteiger partial charge in [-0.3, -0.25) is 14.4 Å². The third-order valence-corrected chi connectivity index (χ3v) is 5.16. The topological polar surface area (TPSA) is 95.0 Å². The number of hydrogen-bond donors (Lipinski definition) is 1. The summed E-state index contributed by atoms with van der Waals surface area (Å²) in [5.41, 5.74) is 1.75. The van der Waals surface area contributed by atoms with E-state index in [4.69, 9.17) is 0 Å². The number of allylic oxidation sites excluding steroid dienone is 1. The minimum Gasteiger partial charge on any atom is -0.507 e. The third-order valence-electron chi connectivity index (χ3n) is 5.16. The Bertz CT molecular complexity index is 844. The summed E-state index contributed by atoms with van der Waals surface area (Å²) in [6.07, 6.45) is 2.58. The second-order valence-electron chi connectivity index (χ2n) is 7.68. The van der Waals surface area contributed by atoms with Crippen LogP contribution in [0.15, 0.2) is 17.7 Å². The molecule has 0 saturated carbocycles. The maximum absolute atomic E-state index is 13.1. The maximum Gasteiger partial charge on any atom is 0.256 e. The molecule has 1 aromatic rings. The average molecular weight is 417 g/mol. The number of amides is 2. The third kappa shape index (κ3) is 5.78. The molecule has 30 heavy (non-hydrogen) atoms. The van der Waals surface area contributed by atoms with E-state index in [9.17, 15) is 24.3 Å². The highest BCUT2D eigenvalue weighted by Crippen LogP contribution is 2.31. The number of aliphatic hydroxyl groups is 1. The summed E-state index contributed by atoms with van der Waals surface area (Å²) in [6, 6.07) is 3.19. The molecule has 7 nitrogen and oxygen atoms in total. The average Bonchev–Trinajstić information content (AvgIpc) is 2.71. The molecule has 0 saturated heterocycles. The van der Waals surface area contributed by atoms with Crippen LogP contribution < -0.4 is 4.90 Å². The van der Waals surface area contributed by atoms with Crippen LogP contribution in [0.25, 0.3) is 5.76 Å². The normalized spacial score (nSPS) is 12.6. The highest BCUT2D eigenvalue weighted by atomic mass is 16.3. The predicted octanol–water partition coefficient (Wildman–Crippen LogP) is 3.54. The van der Waals surface area contributed by atoms with Gasteiger partial charge in [0.15, 0.2) is 5.78 Å². The van der Waals surface area contributed by atoms with Gasteiger partial charge in [0.1, 0.15) is 12.0 Å². The number of aliphatic hydroxyl groups excluding tert-OH is 1. The molecule has 0 aliphatic rings. The van der Waals surface area contributed by atoms with Gasteiger partial charge in [0.25, 0.3) is 5.91 Å². The summed E-state index contributed by atoms with van der Waals surface area (Å²) in [5, 5.41) is 10.8. The van der Waals surface area contributed by atoms with Crippen LogP contribution in [0.3, 0.4) is 0 Å². The fourth-order valence-corrected chi connectivity index (χ4v) is 3.25. The van der Waals surface area contributed by atoms with Gasteiger partial charge >= 0.3 is 0 Å². The van der Waals surface area contributed by atoms with Crippen molar-refractivity contribution < 1.29 is 24.3 Å². The van der Waals surface area contributed by atoms with Crippen molar-refractivity contribution in [2.45, 2.75) is 47.0 Å². The van der Waals surface area contributed by atoms with Gasteiger partial charge in [-0.1, -0.05) is 13.8 Å². The van der Waals surface area contributed by atoms with Gasteiger partial charge in [0.2, 0.25) is 6.41 Å². The van der Waals surface area contributed by atoms with Crippen LogP contribution in [0.2, 0.25) is 0 Å². The largest absolute Gasteiger partial charge is 0.507 e. The lowest BCUT2D eigenvalue weighted by molar-refractivity contribution is -0.116. The Labute approximate surface area is 178 Å². The number of ketones is 1. The zero-order chi connectivity index (χ0) is 23.0. The van der Waals surface area contributed by atoms with Crippen molar-refractivity contribution in [2.24, 2.45) is 5.92 Å². The molecule has 0 heterocycles. The second kappa shape index (κ2) is 11.3. The molecular formula is C23H32N2O5. The smallest absolute Gasteiger partial charge is 0.256 e. The standard InChI is InChI=1S/C23H32N2O5/c1-7-11-24(5)23(30)21-16(3)18(8-9-19(21)25(6)14-27)22(29)17(4)20(28)13-15(2)10-12-26/h8-9,12,14-15,29H,7,10-11,13H2,1-6H3. The number of carbonyl (C=O) groups excluding carboxylic acids is 4. The first-order valence-corrected chi connectivity index (χ1v) is 10.0. The lowest BCUT2D eigenvalue weighted by atomic mass is 9.93. The summed E-state index contributed by atoms with van der Waals surface area (Å²) in [7, 11) is 3.23. The summed E-state index contributed by atoms with van der Waals surface area (Å²) in [4.78, 5) is 50.5. The van der Waals surface area contributed by atoms with E-state index in [2.05, 4.69) is 0 Å². The van der Waals surface area contributed by atoms with Crippen molar-refractivity contribution in [3.8, 4) is 0 Å². The van der Waals surface area contributed by atoms with Gasteiger partial charge < -0.3 is 19.7 Å². The van der Waals surface area contributed by atoms with Crippen molar-refractivity contribution in [3.05, 3.63) is 34.4 Å². The molecule has 0 spiro atoms. The van der Waals surface area contributed by atoms with E-state index in [1.165, 1.54) is 11.8 Å². The van der Waals surface area contributed by atoms with E-state index in [0.717, 1.165) is 12.7 Å². The Balaban J connectivity index is 3.52. The molecule has 7 heteroatoms. The number of aldehydes is 1. The Kier molecular flexibility index (Phi) is 9.43. The quantitative estimate of drug-likeness (QED) is 0.338. The first-order chi connectivity index (χ1) is 14.1. The summed E-state index contributed by atoms with van der Waals surface area (Å²) in [5.74, 6) is -0.854. The Morgan fingerprint density at radius 1 is 1.20 bits per heavy atom. The van der Waals surface area contributed by atoms with E-state index < -0.39 is 0 Å². The Morgan fingerprint density at radius 2 is 1.83 bits per heavy atom. The highest BCUT2D eigenvalue weighted by Gasteiger charge is 2.24. The summed E-state index contributed by atoms with van der Waals surface area (Å²) in [6.45, 7) is 7.52. The molecule has 1 atom stereocenters. The second-order valence-corrected chi connectivity index (χ2v) is 7.68. The number of carbonyl (C=O) groups is 4. The van der Waals surface area contributed by atoms with Gasteiger partial charge in [0, 0.05) is 44.6 Å². The molecule has 0 radical (unpaired) electrons. The fourth-order valence-electron chi connectivity index (χ4n) is 3.25. The van der Waals surface area contributed by atoms with E-state index in [-0.39, 0.29) is 41.8 Å². The molecule has 0 aliphatic carbocycles. The first kappa shape index (κ1) is 25.1. The maximum atomic E-state index is 13.1. The van der Waals surface area contributed by atoms with E-state index in [0.29, 0.717) is 35.3 Å². The SMILES string of the molecule is CCCN(C)C(=O)c1c(N(C)C=O)ccc(C(O)=C(C)C(=O)CC(C)CC=O)c1C. The molecule has 0 aromatic heterocycles. The zero-order valence-corrected chi connectivity index (χ0v) is 18.7. The van der Waals surface area contributed by atoms with Crippen molar-refractivity contribution in [1.82, 2.24) is 4.90 Å². The number of nitrogens with zero attached hydrogens (tertiary/aromatic N) is 2. The number of benzene rings is 1. The van der Waals surface area contributed by atoms with Crippen LogP contribution in [-0.4, -0.2) is 55.0 Å². The lowest BCUT2D eigenvalue weighted by Gasteiger charge is -2.24. The Morgan fingerprint density at radius 3 is 2.37 bits per heavy atom. The Hall–Kier alpha value is -2.96. The number of hydrogen-bond acceptors (Lipinski definition) is 5. The zero-order valence-electron chi connectivity index (χ0n) is 18.7. The molecule has 1 unspecified atom stereocenters. The number of rotatable bonds is 11. The van der Waals surface area contributed by atoms with Gasteiger partial charge in [-0.15, -0.1) is 0 Å². The minimum atomic E-state index is -0.267. The van der Waals surface area contributed by atoms with E-state index in [1.807, 2.05) is 6.92 Å². The van der Waals surface area contributed by atoms with Crippen molar-refractivity contribution in [1.29, 1.82) is 0 Å². The van der Waals surface area contributed by atoms with Crippen LogP contribution in [0.1, 0.15) is 61.5 Å². The van der Waals surface area contributed by atoms with Crippen LogP contribution in [0.5, 0.6) is 0 Å². The van der Waals surface area contributed by atoms with Crippen LogP contribution in [0, 0.1) is 12.8 Å². The summed E-state index contributed by atoms with van der Waals surface area (Å²) < 4.78 is 0. The van der Waals surface area contributed by atoms with Crippen molar-refractivity contribution >= 4 is 35.8 Å².